The van der Waals surface area contributed by atoms with Gasteiger partial charge < -0.3 is 10.1 Å². The molecule has 4 N–H and O–H groups in total. The van der Waals surface area contributed by atoms with Gasteiger partial charge >= 0.3 is 0 Å². The van der Waals surface area contributed by atoms with Crippen LogP contribution < -0.4 is 21.3 Å². The van der Waals surface area contributed by atoms with E-state index in [1.807, 2.05) is 45.0 Å². The molecule has 136 valence electrons. The van der Waals surface area contributed by atoms with Crippen LogP contribution in [-0.2, 0) is 4.79 Å². The average Bonchev–Trinajstić information content (AvgIpc) is 3.01. The molecule has 1 amide bonds. The van der Waals surface area contributed by atoms with Crippen molar-refractivity contribution < 1.29 is 9.53 Å². The number of fused-ring (bicyclic) bond motifs is 1. The molecule has 0 bridgehead atoms. The molecule has 6 nitrogen and oxygen atoms in total. The summed E-state index contributed by atoms with van der Waals surface area (Å²) in [6, 6.07) is 7.38. The van der Waals surface area contributed by atoms with Gasteiger partial charge in [0.25, 0.3) is 5.91 Å². The van der Waals surface area contributed by atoms with E-state index in [1.54, 1.807) is 0 Å². The number of aryl methyl sites for hydroxylation is 3. The Morgan fingerprint density at radius 2 is 1.88 bits per heavy atom. The van der Waals surface area contributed by atoms with Gasteiger partial charge in [0, 0.05) is 10.7 Å². The summed E-state index contributed by atoms with van der Waals surface area (Å²) in [4.78, 5) is 16.6. The summed E-state index contributed by atoms with van der Waals surface area (Å²) in [7, 11) is 0. The molecule has 0 saturated carbocycles. The van der Waals surface area contributed by atoms with Crippen LogP contribution in [0.25, 0.3) is 10.2 Å². The number of aromatic nitrogens is 1. The number of amides is 1. The van der Waals surface area contributed by atoms with Crippen LogP contribution in [0.4, 0.5) is 10.8 Å². The monoisotopic (exact) mass is 390 g/mol. The minimum absolute atomic E-state index is 0.0874. The van der Waals surface area contributed by atoms with Crippen molar-refractivity contribution in [2.45, 2.75) is 20.8 Å². The maximum Gasteiger partial charge on any atom is 0.262 e. The van der Waals surface area contributed by atoms with Crippen LogP contribution in [0.2, 0.25) is 5.02 Å². The molecule has 0 aliphatic heterocycles. The van der Waals surface area contributed by atoms with Crippen molar-refractivity contribution in [2.24, 2.45) is 5.84 Å². The van der Waals surface area contributed by atoms with Gasteiger partial charge in [0.15, 0.2) is 11.7 Å². The zero-order valence-corrected chi connectivity index (χ0v) is 16.2. The zero-order chi connectivity index (χ0) is 18.8. The summed E-state index contributed by atoms with van der Waals surface area (Å²) in [5.41, 5.74) is 6.89. The van der Waals surface area contributed by atoms with Gasteiger partial charge in [-0.3, -0.25) is 10.2 Å². The Morgan fingerprint density at radius 1 is 1.19 bits per heavy atom. The van der Waals surface area contributed by atoms with Crippen molar-refractivity contribution in [1.82, 2.24) is 4.98 Å². The highest BCUT2D eigenvalue weighted by Gasteiger charge is 2.11. The molecule has 8 heteroatoms. The summed E-state index contributed by atoms with van der Waals surface area (Å²) in [6.45, 7) is 5.66. The van der Waals surface area contributed by atoms with Crippen molar-refractivity contribution in [2.75, 3.05) is 17.3 Å². The highest BCUT2D eigenvalue weighted by molar-refractivity contribution is 7.22. The Morgan fingerprint density at radius 3 is 2.54 bits per heavy atom. The first kappa shape index (κ1) is 18.4. The molecule has 0 radical (unpaired) electrons. The molecule has 1 heterocycles. The highest BCUT2D eigenvalue weighted by atomic mass is 35.5. The van der Waals surface area contributed by atoms with Crippen LogP contribution in [0.15, 0.2) is 24.3 Å². The molecule has 0 saturated heterocycles. The van der Waals surface area contributed by atoms with E-state index in [0.717, 1.165) is 26.9 Å². The van der Waals surface area contributed by atoms with Gasteiger partial charge in [-0.1, -0.05) is 22.9 Å². The number of halogens is 1. The quantitative estimate of drug-likeness (QED) is 0.449. The lowest BCUT2D eigenvalue weighted by molar-refractivity contribution is -0.118. The van der Waals surface area contributed by atoms with Gasteiger partial charge in [-0.15, -0.1) is 0 Å². The van der Waals surface area contributed by atoms with Crippen molar-refractivity contribution in [3.05, 3.63) is 46.0 Å². The van der Waals surface area contributed by atoms with Gasteiger partial charge in [-0.2, -0.15) is 0 Å². The third-order valence-electron chi connectivity index (χ3n) is 3.87. The number of thiazole rings is 1. The molecule has 0 spiro atoms. The molecular formula is C18H19ClN4O2S. The van der Waals surface area contributed by atoms with E-state index in [4.69, 9.17) is 22.2 Å². The minimum atomic E-state index is -0.240. The molecule has 1 aromatic heterocycles. The number of ether oxygens (including phenoxy) is 1. The molecule has 2 aromatic carbocycles. The summed E-state index contributed by atoms with van der Waals surface area (Å²) >= 11 is 7.57. The van der Waals surface area contributed by atoms with Crippen LogP contribution in [0.5, 0.6) is 5.75 Å². The van der Waals surface area contributed by atoms with E-state index >= 15 is 0 Å². The van der Waals surface area contributed by atoms with Crippen LogP contribution in [0, 0.1) is 20.8 Å². The second-order valence-electron chi connectivity index (χ2n) is 6.01. The SMILES string of the molecule is Cc1cc(OCC(=O)Nc2cc(C)c3nc(NN)sc3c2)cc(C)c1Cl. The third-order valence-corrected chi connectivity index (χ3v) is 5.40. The normalized spacial score (nSPS) is 10.8. The Hall–Kier alpha value is -2.35. The van der Waals surface area contributed by atoms with Crippen LogP contribution >= 0.6 is 22.9 Å². The molecule has 26 heavy (non-hydrogen) atoms. The second-order valence-corrected chi connectivity index (χ2v) is 7.42. The molecular weight excluding hydrogens is 372 g/mol. The molecule has 0 atom stereocenters. The Balaban J connectivity index is 1.69. The Labute approximate surface area is 160 Å². The molecule has 3 aromatic rings. The lowest BCUT2D eigenvalue weighted by Crippen LogP contribution is -2.20. The highest BCUT2D eigenvalue weighted by Crippen LogP contribution is 2.30. The molecule has 3 rings (SSSR count). The molecule has 0 aliphatic rings. The lowest BCUT2D eigenvalue weighted by atomic mass is 10.1. The number of rotatable bonds is 5. The fraction of sp³-hybridized carbons (Fsp3) is 0.222. The van der Waals surface area contributed by atoms with E-state index in [0.29, 0.717) is 21.6 Å². The van der Waals surface area contributed by atoms with E-state index in [9.17, 15) is 4.79 Å². The fourth-order valence-electron chi connectivity index (χ4n) is 2.67. The first-order valence-electron chi connectivity index (χ1n) is 7.94. The number of benzene rings is 2. The van der Waals surface area contributed by atoms with E-state index in [2.05, 4.69) is 15.7 Å². The van der Waals surface area contributed by atoms with Gasteiger partial charge in [0.05, 0.1) is 10.2 Å². The summed E-state index contributed by atoms with van der Waals surface area (Å²) in [5.74, 6) is 5.79. The van der Waals surface area contributed by atoms with Crippen LogP contribution in [0.3, 0.4) is 0 Å². The van der Waals surface area contributed by atoms with Crippen molar-refractivity contribution in [3.8, 4) is 5.75 Å². The predicted molar refractivity (Wildman–Crippen MR) is 107 cm³/mol. The minimum Gasteiger partial charge on any atom is -0.484 e. The van der Waals surface area contributed by atoms with Gasteiger partial charge in [0.2, 0.25) is 0 Å². The van der Waals surface area contributed by atoms with E-state index in [-0.39, 0.29) is 12.5 Å². The number of nitrogens with one attached hydrogen (secondary N) is 2. The maximum atomic E-state index is 12.2. The number of hydrogen-bond acceptors (Lipinski definition) is 6. The molecule has 0 aliphatic carbocycles. The van der Waals surface area contributed by atoms with Crippen molar-refractivity contribution >= 4 is 49.9 Å². The topological polar surface area (TPSA) is 89.3 Å². The van der Waals surface area contributed by atoms with Gasteiger partial charge in [0.1, 0.15) is 5.75 Å². The number of nitrogens with zero attached hydrogens (tertiary/aromatic N) is 1. The molecule has 0 unspecified atom stereocenters. The van der Waals surface area contributed by atoms with Crippen molar-refractivity contribution in [1.29, 1.82) is 0 Å². The smallest absolute Gasteiger partial charge is 0.262 e. The number of anilines is 2. The largest absolute Gasteiger partial charge is 0.484 e. The number of nitrogens with two attached hydrogens (primary N) is 1. The van der Waals surface area contributed by atoms with Crippen LogP contribution in [-0.4, -0.2) is 17.5 Å². The predicted octanol–water partition coefficient (Wildman–Crippen LogP) is 4.18. The summed E-state index contributed by atoms with van der Waals surface area (Å²) in [5, 5.41) is 4.19. The standard InChI is InChI=1S/C18H19ClN4O2S/c1-9-5-13(6-10(2)16(9)19)25-8-15(24)21-12-4-11(3)17-14(7-12)26-18(22-17)23-20/h4-7H,8,20H2,1-3H3,(H,21,24)(H,22,23). The zero-order valence-electron chi connectivity index (χ0n) is 14.6. The first-order chi connectivity index (χ1) is 12.4. The first-order valence-corrected chi connectivity index (χ1v) is 9.14. The van der Waals surface area contributed by atoms with Crippen molar-refractivity contribution in [3.63, 3.8) is 0 Å². The number of carbonyl (C=O) groups is 1. The maximum absolute atomic E-state index is 12.2. The fourth-order valence-corrected chi connectivity index (χ4v) is 3.67. The lowest BCUT2D eigenvalue weighted by Gasteiger charge is -2.11. The second kappa shape index (κ2) is 7.49. The van der Waals surface area contributed by atoms with Gasteiger partial charge in [-0.05, 0) is 61.7 Å². The third kappa shape index (κ3) is 3.90. The number of hydrogen-bond donors (Lipinski definition) is 3. The number of nitrogen functional groups attached to an aromatic ring is 1. The molecule has 0 fully saturated rings. The van der Waals surface area contributed by atoms with Gasteiger partial charge in [-0.25, -0.2) is 10.8 Å². The number of carbonyl (C=O) groups excluding carboxylic acids is 1. The van der Waals surface area contributed by atoms with E-state index < -0.39 is 0 Å². The number of hydrazine groups is 1. The summed E-state index contributed by atoms with van der Waals surface area (Å²) in [6.07, 6.45) is 0. The Kier molecular flexibility index (Phi) is 5.31. The average molecular weight is 391 g/mol. The van der Waals surface area contributed by atoms with Crippen LogP contribution in [0.1, 0.15) is 16.7 Å². The Bertz CT molecular complexity index is 964. The summed E-state index contributed by atoms with van der Waals surface area (Å²) < 4.78 is 6.53. The van der Waals surface area contributed by atoms with E-state index in [1.165, 1.54) is 11.3 Å².